The summed E-state index contributed by atoms with van der Waals surface area (Å²) in [5, 5.41) is 3.62. The Morgan fingerprint density at radius 2 is 2.00 bits per heavy atom. The molecule has 2 nitrogen and oxygen atoms in total. The van der Waals surface area contributed by atoms with Crippen molar-refractivity contribution in [2.45, 2.75) is 58.1 Å². The first-order valence-corrected chi connectivity index (χ1v) is 7.28. The average Bonchev–Trinajstić information content (AvgIpc) is 2.96. The minimum atomic E-state index is 0.449. The van der Waals surface area contributed by atoms with Crippen LogP contribution in [0.5, 0.6) is 5.75 Å². The van der Waals surface area contributed by atoms with Crippen LogP contribution in [0.2, 0.25) is 0 Å². The SMILES string of the molecule is CC(C)C1Cc2ccc(OC3CCCC3)cc2N1. The van der Waals surface area contributed by atoms with Crippen molar-refractivity contribution in [1.82, 2.24) is 0 Å². The van der Waals surface area contributed by atoms with E-state index >= 15 is 0 Å². The number of ether oxygens (including phenoxy) is 1. The second kappa shape index (κ2) is 4.83. The second-order valence-electron chi connectivity index (χ2n) is 6.04. The topological polar surface area (TPSA) is 21.3 Å². The van der Waals surface area contributed by atoms with Gasteiger partial charge in [-0.25, -0.2) is 0 Å². The molecule has 0 aromatic heterocycles. The summed E-state index contributed by atoms with van der Waals surface area (Å²) in [6.45, 7) is 4.55. The van der Waals surface area contributed by atoms with Gasteiger partial charge in [-0.2, -0.15) is 0 Å². The Morgan fingerprint density at radius 1 is 1.22 bits per heavy atom. The summed E-state index contributed by atoms with van der Waals surface area (Å²) in [4.78, 5) is 0. The zero-order valence-electron chi connectivity index (χ0n) is 11.4. The number of rotatable bonds is 3. The van der Waals surface area contributed by atoms with E-state index in [9.17, 15) is 0 Å². The van der Waals surface area contributed by atoms with Crippen molar-refractivity contribution < 1.29 is 4.74 Å². The number of anilines is 1. The molecule has 0 radical (unpaired) electrons. The molecule has 1 aliphatic heterocycles. The summed E-state index contributed by atoms with van der Waals surface area (Å²) < 4.78 is 6.06. The van der Waals surface area contributed by atoms with E-state index in [0.29, 0.717) is 18.1 Å². The van der Waals surface area contributed by atoms with E-state index in [-0.39, 0.29) is 0 Å². The van der Waals surface area contributed by atoms with Gasteiger partial charge in [-0.3, -0.25) is 0 Å². The monoisotopic (exact) mass is 245 g/mol. The van der Waals surface area contributed by atoms with Crippen molar-refractivity contribution in [2.24, 2.45) is 5.92 Å². The molecule has 1 unspecified atom stereocenters. The molecule has 1 atom stereocenters. The highest BCUT2D eigenvalue weighted by Gasteiger charge is 2.24. The molecule has 2 aliphatic rings. The summed E-state index contributed by atoms with van der Waals surface area (Å²) in [5.74, 6) is 1.72. The van der Waals surface area contributed by atoms with Crippen LogP contribution in [0, 0.1) is 5.92 Å². The van der Waals surface area contributed by atoms with Crippen molar-refractivity contribution in [3.63, 3.8) is 0 Å². The standard InChI is InChI=1S/C16H23NO/c1-11(2)15-9-12-7-8-14(10-16(12)17-15)18-13-5-3-4-6-13/h7-8,10-11,13,15,17H,3-6,9H2,1-2H3. The Balaban J connectivity index is 1.71. The highest BCUT2D eigenvalue weighted by molar-refractivity contribution is 5.60. The van der Waals surface area contributed by atoms with E-state index in [4.69, 9.17) is 4.74 Å². The zero-order chi connectivity index (χ0) is 12.5. The van der Waals surface area contributed by atoms with Crippen molar-refractivity contribution >= 4 is 5.69 Å². The predicted octanol–water partition coefficient (Wildman–Crippen LogP) is 4.00. The lowest BCUT2D eigenvalue weighted by Crippen LogP contribution is -2.21. The molecule has 2 heteroatoms. The van der Waals surface area contributed by atoms with E-state index in [0.717, 1.165) is 12.2 Å². The normalized spacial score (nSPS) is 23.2. The third kappa shape index (κ3) is 2.33. The van der Waals surface area contributed by atoms with Gasteiger partial charge in [0.05, 0.1) is 6.10 Å². The minimum absolute atomic E-state index is 0.449. The van der Waals surface area contributed by atoms with Gasteiger partial charge < -0.3 is 10.1 Å². The number of nitrogens with one attached hydrogen (secondary N) is 1. The fourth-order valence-corrected chi connectivity index (χ4v) is 3.03. The lowest BCUT2D eigenvalue weighted by Gasteiger charge is -2.15. The maximum absolute atomic E-state index is 6.06. The van der Waals surface area contributed by atoms with Crippen LogP contribution in [0.25, 0.3) is 0 Å². The van der Waals surface area contributed by atoms with Crippen LogP contribution in [0.4, 0.5) is 5.69 Å². The van der Waals surface area contributed by atoms with Crippen molar-refractivity contribution in [1.29, 1.82) is 0 Å². The van der Waals surface area contributed by atoms with Gasteiger partial charge >= 0.3 is 0 Å². The third-order valence-electron chi connectivity index (χ3n) is 4.27. The first-order valence-electron chi connectivity index (χ1n) is 7.28. The Labute approximate surface area is 110 Å². The third-order valence-corrected chi connectivity index (χ3v) is 4.27. The van der Waals surface area contributed by atoms with Gasteiger partial charge in [-0.05, 0) is 49.7 Å². The Morgan fingerprint density at radius 3 is 2.72 bits per heavy atom. The van der Waals surface area contributed by atoms with Gasteiger partial charge in [0.1, 0.15) is 5.75 Å². The molecular weight excluding hydrogens is 222 g/mol. The summed E-state index contributed by atoms with van der Waals surface area (Å²) in [5.41, 5.74) is 2.72. The summed E-state index contributed by atoms with van der Waals surface area (Å²) in [6.07, 6.45) is 6.69. The fraction of sp³-hybridized carbons (Fsp3) is 0.625. The van der Waals surface area contributed by atoms with Crippen LogP contribution >= 0.6 is 0 Å². The van der Waals surface area contributed by atoms with E-state index in [1.165, 1.54) is 36.9 Å². The minimum Gasteiger partial charge on any atom is -0.490 e. The van der Waals surface area contributed by atoms with Crippen LogP contribution in [-0.2, 0) is 6.42 Å². The molecule has 0 saturated heterocycles. The molecule has 1 aliphatic carbocycles. The molecule has 1 fully saturated rings. The summed E-state index contributed by atoms with van der Waals surface area (Å²) in [6, 6.07) is 7.15. The first kappa shape index (κ1) is 11.9. The quantitative estimate of drug-likeness (QED) is 0.869. The van der Waals surface area contributed by atoms with Gasteiger partial charge in [-0.1, -0.05) is 19.9 Å². The van der Waals surface area contributed by atoms with Crippen LogP contribution in [0.1, 0.15) is 45.1 Å². The molecule has 18 heavy (non-hydrogen) atoms. The molecule has 0 bridgehead atoms. The molecule has 1 N–H and O–H groups in total. The fourth-order valence-electron chi connectivity index (χ4n) is 3.03. The predicted molar refractivity (Wildman–Crippen MR) is 75.3 cm³/mol. The highest BCUT2D eigenvalue weighted by atomic mass is 16.5. The van der Waals surface area contributed by atoms with Gasteiger partial charge in [-0.15, -0.1) is 0 Å². The molecule has 3 rings (SSSR count). The van der Waals surface area contributed by atoms with E-state index in [1.807, 2.05) is 0 Å². The van der Waals surface area contributed by atoms with Crippen molar-refractivity contribution in [3.05, 3.63) is 23.8 Å². The number of hydrogen-bond donors (Lipinski definition) is 1. The van der Waals surface area contributed by atoms with Crippen LogP contribution in [0.3, 0.4) is 0 Å². The Hall–Kier alpha value is -1.18. The molecule has 1 saturated carbocycles. The molecule has 1 aromatic carbocycles. The van der Waals surface area contributed by atoms with E-state index < -0.39 is 0 Å². The number of benzene rings is 1. The highest BCUT2D eigenvalue weighted by Crippen LogP contribution is 2.33. The Kier molecular flexibility index (Phi) is 3.19. The maximum atomic E-state index is 6.06. The second-order valence-corrected chi connectivity index (χ2v) is 6.04. The largest absolute Gasteiger partial charge is 0.490 e. The molecule has 98 valence electrons. The number of hydrogen-bond acceptors (Lipinski definition) is 2. The summed E-state index contributed by atoms with van der Waals surface area (Å²) in [7, 11) is 0. The molecule has 0 spiro atoms. The van der Waals surface area contributed by atoms with Crippen LogP contribution in [-0.4, -0.2) is 12.1 Å². The lowest BCUT2D eigenvalue weighted by atomic mass is 10.0. The van der Waals surface area contributed by atoms with Crippen LogP contribution < -0.4 is 10.1 Å². The van der Waals surface area contributed by atoms with Gasteiger partial charge in [0.25, 0.3) is 0 Å². The van der Waals surface area contributed by atoms with Gasteiger partial charge in [0.2, 0.25) is 0 Å². The summed E-state index contributed by atoms with van der Waals surface area (Å²) >= 11 is 0. The van der Waals surface area contributed by atoms with E-state index in [1.54, 1.807) is 0 Å². The number of fused-ring (bicyclic) bond motifs is 1. The average molecular weight is 245 g/mol. The molecular formula is C16H23NO. The van der Waals surface area contributed by atoms with E-state index in [2.05, 4.69) is 37.4 Å². The van der Waals surface area contributed by atoms with Crippen molar-refractivity contribution in [2.75, 3.05) is 5.32 Å². The smallest absolute Gasteiger partial charge is 0.121 e. The molecule has 0 amide bonds. The zero-order valence-corrected chi connectivity index (χ0v) is 11.4. The van der Waals surface area contributed by atoms with Crippen LogP contribution in [0.15, 0.2) is 18.2 Å². The van der Waals surface area contributed by atoms with Gasteiger partial charge in [0.15, 0.2) is 0 Å². The van der Waals surface area contributed by atoms with Gasteiger partial charge in [0, 0.05) is 17.8 Å². The molecule has 1 heterocycles. The van der Waals surface area contributed by atoms with Crippen molar-refractivity contribution in [3.8, 4) is 5.75 Å². The molecule has 1 aromatic rings. The lowest BCUT2D eigenvalue weighted by molar-refractivity contribution is 0.210. The maximum Gasteiger partial charge on any atom is 0.121 e. The Bertz CT molecular complexity index is 421. The first-order chi connectivity index (χ1) is 8.72.